The molecule has 0 saturated carbocycles. The molecule has 0 atom stereocenters. The number of sulfone groups is 1. The van der Waals surface area contributed by atoms with E-state index >= 15 is 0 Å². The predicted octanol–water partition coefficient (Wildman–Crippen LogP) is 0.994. The van der Waals surface area contributed by atoms with Gasteiger partial charge in [-0.1, -0.05) is 0 Å². The molecule has 1 aliphatic carbocycles. The number of hydrogen-bond donors (Lipinski definition) is 1. The summed E-state index contributed by atoms with van der Waals surface area (Å²) >= 11 is 1.70. The molecule has 0 radical (unpaired) electrons. The van der Waals surface area contributed by atoms with Crippen molar-refractivity contribution in [2.24, 2.45) is 5.73 Å². The van der Waals surface area contributed by atoms with E-state index in [4.69, 9.17) is 5.73 Å². The van der Waals surface area contributed by atoms with Crippen LogP contribution >= 0.6 is 11.3 Å². The summed E-state index contributed by atoms with van der Waals surface area (Å²) in [5.74, 6) is 0.404. The van der Waals surface area contributed by atoms with Crippen molar-refractivity contribution in [3.8, 4) is 0 Å². The Labute approximate surface area is 105 Å². The second-order valence-electron chi connectivity index (χ2n) is 5.05. The fourth-order valence-corrected chi connectivity index (χ4v) is 5.38. The summed E-state index contributed by atoms with van der Waals surface area (Å²) in [6.07, 6.45) is 4.39. The molecule has 1 saturated heterocycles. The van der Waals surface area contributed by atoms with Gasteiger partial charge in [0.1, 0.15) is 14.8 Å². The highest BCUT2D eigenvalue weighted by Crippen LogP contribution is 2.37. The minimum Gasteiger partial charge on any atom is -0.319 e. The number of rotatable bonds is 1. The Kier molecular flexibility index (Phi) is 2.57. The molecule has 0 aromatic carbocycles. The number of nitrogens with zero attached hydrogens (tertiary/aromatic N) is 1. The highest BCUT2D eigenvalue weighted by Gasteiger charge is 2.38. The van der Waals surface area contributed by atoms with Gasteiger partial charge in [-0.2, -0.15) is 0 Å². The van der Waals surface area contributed by atoms with Gasteiger partial charge in [0.05, 0.1) is 22.7 Å². The standard InChI is InChI=1S/C11H16N2O2S2/c12-11(4-6-17(14,15)7-5-11)10-13-8-2-1-3-9(8)16-10/h1-7,12H2. The van der Waals surface area contributed by atoms with Crippen LogP contribution in [0.25, 0.3) is 0 Å². The van der Waals surface area contributed by atoms with Crippen molar-refractivity contribution in [2.45, 2.75) is 37.6 Å². The lowest BCUT2D eigenvalue weighted by Gasteiger charge is -2.31. The molecule has 1 fully saturated rings. The van der Waals surface area contributed by atoms with Crippen LogP contribution in [0.5, 0.6) is 0 Å². The third-order valence-corrected chi connectivity index (χ3v) is 6.77. The molecule has 1 aliphatic heterocycles. The monoisotopic (exact) mass is 272 g/mol. The predicted molar refractivity (Wildman–Crippen MR) is 67.9 cm³/mol. The third kappa shape index (κ3) is 2.02. The highest BCUT2D eigenvalue weighted by molar-refractivity contribution is 7.91. The van der Waals surface area contributed by atoms with Crippen LogP contribution in [0.4, 0.5) is 0 Å². The van der Waals surface area contributed by atoms with Crippen molar-refractivity contribution in [1.82, 2.24) is 4.98 Å². The number of fused-ring (bicyclic) bond motifs is 1. The Morgan fingerprint density at radius 1 is 1.24 bits per heavy atom. The fraction of sp³-hybridized carbons (Fsp3) is 0.727. The second kappa shape index (κ2) is 3.76. The summed E-state index contributed by atoms with van der Waals surface area (Å²) in [6.45, 7) is 0. The lowest BCUT2D eigenvalue weighted by molar-refractivity contribution is 0.393. The lowest BCUT2D eigenvalue weighted by Crippen LogP contribution is -2.44. The van der Waals surface area contributed by atoms with Gasteiger partial charge in [-0.3, -0.25) is 0 Å². The van der Waals surface area contributed by atoms with Crippen LogP contribution in [-0.4, -0.2) is 24.9 Å². The minimum absolute atomic E-state index is 0.202. The van der Waals surface area contributed by atoms with E-state index in [1.54, 1.807) is 11.3 Å². The average Bonchev–Trinajstić information content (AvgIpc) is 2.83. The Morgan fingerprint density at radius 3 is 2.59 bits per heavy atom. The molecule has 94 valence electrons. The summed E-state index contributed by atoms with van der Waals surface area (Å²) in [7, 11) is -2.86. The van der Waals surface area contributed by atoms with Crippen LogP contribution < -0.4 is 5.73 Å². The molecule has 2 aliphatic rings. The van der Waals surface area contributed by atoms with E-state index in [1.807, 2.05) is 0 Å². The first-order valence-corrected chi connectivity index (χ1v) is 8.61. The number of hydrogen-bond acceptors (Lipinski definition) is 5. The first-order valence-electron chi connectivity index (χ1n) is 5.97. The number of nitrogens with two attached hydrogens (primary N) is 1. The van der Waals surface area contributed by atoms with E-state index < -0.39 is 15.4 Å². The summed E-state index contributed by atoms with van der Waals surface area (Å²) in [5, 5.41) is 0.956. The quantitative estimate of drug-likeness (QED) is 0.827. The van der Waals surface area contributed by atoms with E-state index in [0.717, 1.165) is 17.8 Å². The Bertz CT molecular complexity index is 512. The summed E-state index contributed by atoms with van der Waals surface area (Å²) < 4.78 is 22.9. The van der Waals surface area contributed by atoms with Gasteiger partial charge in [-0.05, 0) is 32.1 Å². The molecule has 3 rings (SSSR count). The molecule has 0 amide bonds. The van der Waals surface area contributed by atoms with Gasteiger partial charge in [-0.15, -0.1) is 11.3 Å². The average molecular weight is 272 g/mol. The molecule has 2 heterocycles. The molecule has 17 heavy (non-hydrogen) atoms. The van der Waals surface area contributed by atoms with Crippen LogP contribution in [0, 0.1) is 0 Å². The molecule has 0 spiro atoms. The zero-order chi connectivity index (χ0) is 12.1. The van der Waals surface area contributed by atoms with Gasteiger partial charge in [0.25, 0.3) is 0 Å². The van der Waals surface area contributed by atoms with Crippen molar-refractivity contribution < 1.29 is 8.42 Å². The summed E-state index contributed by atoms with van der Waals surface area (Å²) in [6, 6.07) is 0. The summed E-state index contributed by atoms with van der Waals surface area (Å²) in [5.41, 5.74) is 7.04. The topological polar surface area (TPSA) is 73.0 Å². The van der Waals surface area contributed by atoms with E-state index in [-0.39, 0.29) is 11.5 Å². The Balaban J connectivity index is 1.88. The molecule has 1 aromatic rings. The van der Waals surface area contributed by atoms with E-state index in [1.165, 1.54) is 17.0 Å². The smallest absolute Gasteiger partial charge is 0.150 e. The minimum atomic E-state index is -2.86. The molecule has 0 unspecified atom stereocenters. The van der Waals surface area contributed by atoms with Crippen molar-refractivity contribution in [1.29, 1.82) is 0 Å². The second-order valence-corrected chi connectivity index (χ2v) is 8.44. The molecular weight excluding hydrogens is 256 g/mol. The zero-order valence-corrected chi connectivity index (χ0v) is 11.2. The molecule has 0 bridgehead atoms. The van der Waals surface area contributed by atoms with Gasteiger partial charge in [-0.25, -0.2) is 13.4 Å². The maximum absolute atomic E-state index is 11.4. The first kappa shape index (κ1) is 11.6. The van der Waals surface area contributed by atoms with Crippen LogP contribution in [0.2, 0.25) is 0 Å². The third-order valence-electron chi connectivity index (χ3n) is 3.74. The molecule has 4 nitrogen and oxygen atoms in total. The van der Waals surface area contributed by atoms with Gasteiger partial charge in [0.2, 0.25) is 0 Å². The van der Waals surface area contributed by atoms with E-state index in [0.29, 0.717) is 12.8 Å². The number of aryl methyl sites for hydroxylation is 2. The number of aromatic nitrogens is 1. The van der Waals surface area contributed by atoms with Crippen LogP contribution in [0.15, 0.2) is 0 Å². The lowest BCUT2D eigenvalue weighted by atomic mass is 9.94. The Hall–Kier alpha value is -0.460. The number of thiazole rings is 1. The maximum atomic E-state index is 11.4. The van der Waals surface area contributed by atoms with E-state index in [2.05, 4.69) is 4.98 Å². The van der Waals surface area contributed by atoms with Crippen LogP contribution in [0.3, 0.4) is 0 Å². The maximum Gasteiger partial charge on any atom is 0.150 e. The van der Waals surface area contributed by atoms with Gasteiger partial charge in [0.15, 0.2) is 0 Å². The zero-order valence-electron chi connectivity index (χ0n) is 9.61. The van der Waals surface area contributed by atoms with E-state index in [9.17, 15) is 8.42 Å². The van der Waals surface area contributed by atoms with Gasteiger partial charge < -0.3 is 5.73 Å². The van der Waals surface area contributed by atoms with Gasteiger partial charge >= 0.3 is 0 Å². The molecule has 1 aromatic heterocycles. The fourth-order valence-electron chi connectivity index (χ4n) is 2.52. The molecular formula is C11H16N2O2S2. The van der Waals surface area contributed by atoms with Gasteiger partial charge in [0, 0.05) is 4.88 Å². The van der Waals surface area contributed by atoms with Crippen LogP contribution in [0.1, 0.15) is 34.8 Å². The SMILES string of the molecule is NC1(c2nc3c(s2)CCC3)CCS(=O)(=O)CC1. The van der Waals surface area contributed by atoms with Crippen molar-refractivity contribution in [3.63, 3.8) is 0 Å². The van der Waals surface area contributed by atoms with Crippen LogP contribution in [-0.2, 0) is 28.2 Å². The largest absolute Gasteiger partial charge is 0.319 e. The molecule has 6 heteroatoms. The highest BCUT2D eigenvalue weighted by atomic mass is 32.2. The summed E-state index contributed by atoms with van der Waals surface area (Å²) in [4.78, 5) is 5.99. The first-order chi connectivity index (χ1) is 7.99. The van der Waals surface area contributed by atoms with Crippen molar-refractivity contribution in [3.05, 3.63) is 15.6 Å². The van der Waals surface area contributed by atoms with Crippen molar-refractivity contribution >= 4 is 21.2 Å². The normalized spacial score (nSPS) is 25.7. The van der Waals surface area contributed by atoms with Crippen molar-refractivity contribution in [2.75, 3.05) is 11.5 Å². The molecule has 2 N–H and O–H groups in total. The Morgan fingerprint density at radius 2 is 1.94 bits per heavy atom.